The molecule has 2 nitrogen and oxygen atoms in total. The minimum Gasteiger partial charge on any atom is -0.306 e. The molecule has 1 aliphatic rings. The van der Waals surface area contributed by atoms with E-state index in [1.165, 1.54) is 52.0 Å². The van der Waals surface area contributed by atoms with Crippen LogP contribution in [0.2, 0.25) is 0 Å². The Kier molecular flexibility index (Phi) is 9.42. The number of hydrogen-bond acceptors (Lipinski definition) is 2. The molecular formula is C12H28N2. The number of piperidine rings is 1. The Labute approximate surface area is 90.3 Å². The molecule has 1 heterocycles. The lowest BCUT2D eigenvalue weighted by Crippen LogP contribution is -2.24. The molecule has 14 heavy (non-hydrogen) atoms. The van der Waals surface area contributed by atoms with Gasteiger partial charge in [0.05, 0.1) is 0 Å². The van der Waals surface area contributed by atoms with Gasteiger partial charge in [0.15, 0.2) is 0 Å². The summed E-state index contributed by atoms with van der Waals surface area (Å²) in [5.41, 5.74) is 0. The average Bonchev–Trinajstić information content (AvgIpc) is 2.22. The van der Waals surface area contributed by atoms with Crippen molar-refractivity contribution in [1.29, 1.82) is 0 Å². The molecule has 0 aromatic rings. The highest BCUT2D eigenvalue weighted by Gasteiger charge is 2.02. The van der Waals surface area contributed by atoms with Crippen molar-refractivity contribution in [3.05, 3.63) is 0 Å². The zero-order chi connectivity index (χ0) is 10.8. The smallest absolute Gasteiger partial charge is 0.00218 e. The van der Waals surface area contributed by atoms with E-state index in [-0.39, 0.29) is 0 Å². The second-order valence-electron chi connectivity index (χ2n) is 3.98. The molecular weight excluding hydrogens is 172 g/mol. The summed E-state index contributed by atoms with van der Waals surface area (Å²) in [6.07, 6.45) is 4.28. The molecule has 1 rings (SSSR count). The van der Waals surface area contributed by atoms with Crippen LogP contribution in [0.1, 0.15) is 40.0 Å². The quantitative estimate of drug-likeness (QED) is 0.690. The second-order valence-corrected chi connectivity index (χ2v) is 3.98. The van der Waals surface area contributed by atoms with Crippen LogP contribution in [-0.4, -0.2) is 49.6 Å². The van der Waals surface area contributed by atoms with Crippen molar-refractivity contribution in [2.45, 2.75) is 40.0 Å². The van der Waals surface area contributed by atoms with E-state index in [0.717, 1.165) is 0 Å². The van der Waals surface area contributed by atoms with E-state index in [4.69, 9.17) is 0 Å². The van der Waals surface area contributed by atoms with E-state index in [9.17, 15) is 0 Å². The van der Waals surface area contributed by atoms with Gasteiger partial charge in [-0.25, -0.2) is 0 Å². The number of rotatable bonds is 3. The summed E-state index contributed by atoms with van der Waals surface area (Å²) in [7, 11) is 2.19. The van der Waals surface area contributed by atoms with Crippen LogP contribution >= 0.6 is 0 Å². The Hall–Kier alpha value is -0.0800. The standard InChI is InChI=1S/C6H13N.C6H15N/c1-7-5-3-2-4-6-7;1-4-7(5-2)6-3/h2-6H2,1H3;4-6H2,1-3H3. The monoisotopic (exact) mass is 200 g/mol. The number of likely N-dealkylation sites (tertiary alicyclic amines) is 1. The molecule has 1 saturated heterocycles. The highest BCUT2D eigenvalue weighted by Crippen LogP contribution is 2.04. The topological polar surface area (TPSA) is 6.48 Å². The van der Waals surface area contributed by atoms with Crippen molar-refractivity contribution in [2.75, 3.05) is 39.8 Å². The van der Waals surface area contributed by atoms with Crippen LogP contribution < -0.4 is 0 Å². The molecule has 1 aliphatic heterocycles. The fourth-order valence-electron chi connectivity index (χ4n) is 1.72. The van der Waals surface area contributed by atoms with Gasteiger partial charge >= 0.3 is 0 Å². The van der Waals surface area contributed by atoms with E-state index in [1.807, 2.05) is 0 Å². The Balaban J connectivity index is 0.000000241. The first-order chi connectivity index (χ1) is 6.74. The molecule has 2 heteroatoms. The Morgan fingerprint density at radius 3 is 1.43 bits per heavy atom. The summed E-state index contributed by atoms with van der Waals surface area (Å²) < 4.78 is 0. The largest absolute Gasteiger partial charge is 0.306 e. The van der Waals surface area contributed by atoms with Gasteiger partial charge in [-0.05, 0) is 52.6 Å². The first-order valence-electron chi connectivity index (χ1n) is 6.15. The molecule has 0 amide bonds. The molecule has 0 saturated carbocycles. The van der Waals surface area contributed by atoms with Gasteiger partial charge in [0, 0.05) is 0 Å². The van der Waals surface area contributed by atoms with Gasteiger partial charge < -0.3 is 9.80 Å². The average molecular weight is 200 g/mol. The molecule has 86 valence electrons. The molecule has 0 radical (unpaired) electrons. The maximum Gasteiger partial charge on any atom is -0.00218 e. The van der Waals surface area contributed by atoms with Crippen LogP contribution in [0.3, 0.4) is 0 Å². The van der Waals surface area contributed by atoms with Crippen LogP contribution in [0.25, 0.3) is 0 Å². The zero-order valence-electron chi connectivity index (χ0n) is 10.6. The van der Waals surface area contributed by atoms with Gasteiger partial charge in [-0.3, -0.25) is 0 Å². The van der Waals surface area contributed by atoms with Crippen molar-refractivity contribution in [3.63, 3.8) is 0 Å². The third-order valence-electron chi connectivity index (χ3n) is 2.92. The maximum absolute atomic E-state index is 2.39. The van der Waals surface area contributed by atoms with E-state index in [1.54, 1.807) is 0 Å². The fraction of sp³-hybridized carbons (Fsp3) is 1.00. The molecule has 0 aliphatic carbocycles. The lowest BCUT2D eigenvalue weighted by atomic mass is 10.1. The van der Waals surface area contributed by atoms with Crippen molar-refractivity contribution >= 4 is 0 Å². The summed E-state index contributed by atoms with van der Waals surface area (Å²) in [5, 5.41) is 0. The Bertz CT molecular complexity index is 99.4. The van der Waals surface area contributed by atoms with E-state index >= 15 is 0 Å². The normalized spacial score (nSPS) is 17.8. The first kappa shape index (κ1) is 13.9. The molecule has 0 N–H and O–H groups in total. The van der Waals surface area contributed by atoms with Crippen molar-refractivity contribution in [1.82, 2.24) is 9.80 Å². The van der Waals surface area contributed by atoms with E-state index < -0.39 is 0 Å². The molecule has 0 atom stereocenters. The molecule has 0 unspecified atom stereocenters. The Morgan fingerprint density at radius 1 is 0.857 bits per heavy atom. The third kappa shape index (κ3) is 7.34. The van der Waals surface area contributed by atoms with Crippen LogP contribution in [0.4, 0.5) is 0 Å². The molecule has 0 bridgehead atoms. The third-order valence-corrected chi connectivity index (χ3v) is 2.92. The Morgan fingerprint density at radius 2 is 1.29 bits per heavy atom. The highest BCUT2D eigenvalue weighted by molar-refractivity contribution is 4.58. The van der Waals surface area contributed by atoms with Crippen molar-refractivity contribution < 1.29 is 0 Å². The predicted octanol–water partition coefficient (Wildman–Crippen LogP) is 2.45. The van der Waals surface area contributed by atoms with Crippen LogP contribution in [0.15, 0.2) is 0 Å². The predicted molar refractivity (Wildman–Crippen MR) is 64.8 cm³/mol. The SMILES string of the molecule is CCN(CC)CC.CN1CCCCC1. The van der Waals surface area contributed by atoms with Gasteiger partial charge in [-0.1, -0.05) is 27.2 Å². The molecule has 0 aromatic heterocycles. The summed E-state index contributed by atoms with van der Waals surface area (Å²) in [5.74, 6) is 0. The lowest BCUT2D eigenvalue weighted by molar-refractivity contribution is 0.277. The highest BCUT2D eigenvalue weighted by atomic mass is 15.1. The summed E-state index contributed by atoms with van der Waals surface area (Å²) in [4.78, 5) is 4.77. The van der Waals surface area contributed by atoms with Crippen LogP contribution in [-0.2, 0) is 0 Å². The first-order valence-corrected chi connectivity index (χ1v) is 6.15. The number of nitrogens with zero attached hydrogens (tertiary/aromatic N) is 2. The minimum absolute atomic E-state index is 1.19. The van der Waals surface area contributed by atoms with Crippen LogP contribution in [0, 0.1) is 0 Å². The van der Waals surface area contributed by atoms with Gasteiger partial charge in [0.25, 0.3) is 0 Å². The fourth-order valence-corrected chi connectivity index (χ4v) is 1.72. The minimum atomic E-state index is 1.19. The van der Waals surface area contributed by atoms with Gasteiger partial charge in [0.2, 0.25) is 0 Å². The van der Waals surface area contributed by atoms with Gasteiger partial charge in [-0.15, -0.1) is 0 Å². The second kappa shape index (κ2) is 9.47. The maximum atomic E-state index is 2.39. The van der Waals surface area contributed by atoms with E-state index in [0.29, 0.717) is 0 Å². The van der Waals surface area contributed by atoms with E-state index in [2.05, 4.69) is 37.6 Å². The molecule has 0 spiro atoms. The molecule has 1 fully saturated rings. The summed E-state index contributed by atoms with van der Waals surface area (Å²) in [6, 6.07) is 0. The van der Waals surface area contributed by atoms with Gasteiger partial charge in [0.1, 0.15) is 0 Å². The number of hydrogen-bond donors (Lipinski definition) is 0. The van der Waals surface area contributed by atoms with Crippen LogP contribution in [0.5, 0.6) is 0 Å². The van der Waals surface area contributed by atoms with Crippen molar-refractivity contribution in [3.8, 4) is 0 Å². The summed E-state index contributed by atoms with van der Waals surface area (Å²) in [6.45, 7) is 12.8. The van der Waals surface area contributed by atoms with Gasteiger partial charge in [-0.2, -0.15) is 0 Å². The lowest BCUT2D eigenvalue weighted by Gasteiger charge is -2.20. The molecule has 0 aromatic carbocycles. The van der Waals surface area contributed by atoms with Crippen molar-refractivity contribution in [2.24, 2.45) is 0 Å². The zero-order valence-corrected chi connectivity index (χ0v) is 10.6. The summed E-state index contributed by atoms with van der Waals surface area (Å²) >= 11 is 0.